The maximum atomic E-state index is 12.4. The molecule has 2 heterocycles. The Morgan fingerprint density at radius 3 is 2.65 bits per heavy atom. The van der Waals surface area contributed by atoms with Crippen LogP contribution in [0.1, 0.15) is 31.2 Å². The van der Waals surface area contributed by atoms with E-state index in [0.29, 0.717) is 10.9 Å². The molecule has 26 heavy (non-hydrogen) atoms. The second-order valence-corrected chi connectivity index (χ2v) is 7.46. The van der Waals surface area contributed by atoms with E-state index < -0.39 is 11.2 Å². The van der Waals surface area contributed by atoms with Crippen molar-refractivity contribution in [3.8, 4) is 0 Å². The first kappa shape index (κ1) is 18.1. The highest BCUT2D eigenvalue weighted by Crippen LogP contribution is 2.25. The number of rotatable bonds is 6. The Labute approximate surface area is 154 Å². The number of fused-ring (bicyclic) bond motifs is 1. The van der Waals surface area contributed by atoms with Gasteiger partial charge in [-0.25, -0.2) is 4.79 Å². The lowest BCUT2D eigenvalue weighted by atomic mass is 10.0. The van der Waals surface area contributed by atoms with Crippen LogP contribution in [0.3, 0.4) is 0 Å². The molecule has 0 aliphatic heterocycles. The summed E-state index contributed by atoms with van der Waals surface area (Å²) in [5.74, 6) is 0.133. The summed E-state index contributed by atoms with van der Waals surface area (Å²) in [7, 11) is 0. The smallest absolute Gasteiger partial charge is 0.328 e. The molecule has 0 unspecified atom stereocenters. The first-order valence-electron chi connectivity index (χ1n) is 8.52. The molecule has 7 heteroatoms. The number of hydrogen-bond donors (Lipinski definition) is 2. The summed E-state index contributed by atoms with van der Waals surface area (Å²) in [5.41, 5.74) is -0.378. The Morgan fingerprint density at radius 1 is 1.19 bits per heavy atom. The number of nitrogens with zero attached hydrogens (tertiary/aromatic N) is 1. The van der Waals surface area contributed by atoms with Crippen molar-refractivity contribution in [2.75, 3.05) is 0 Å². The highest BCUT2D eigenvalue weighted by Gasteiger charge is 2.19. The van der Waals surface area contributed by atoms with Crippen molar-refractivity contribution in [3.05, 3.63) is 67.5 Å². The first-order chi connectivity index (χ1) is 12.5. The average molecular weight is 371 g/mol. The number of amides is 1. The Hall–Kier alpha value is -2.67. The van der Waals surface area contributed by atoms with Gasteiger partial charge in [0, 0.05) is 17.8 Å². The van der Waals surface area contributed by atoms with Crippen LogP contribution in [0.2, 0.25) is 0 Å². The molecule has 1 atom stereocenters. The van der Waals surface area contributed by atoms with Gasteiger partial charge >= 0.3 is 5.69 Å². The minimum absolute atomic E-state index is 0.0495. The molecular formula is C19H21N3O3S. The van der Waals surface area contributed by atoms with Gasteiger partial charge in [0.05, 0.1) is 16.9 Å². The van der Waals surface area contributed by atoms with Gasteiger partial charge in [-0.15, -0.1) is 11.3 Å². The summed E-state index contributed by atoms with van der Waals surface area (Å²) in [6, 6.07) is 10.8. The molecular weight excluding hydrogens is 350 g/mol. The summed E-state index contributed by atoms with van der Waals surface area (Å²) >= 11 is 1.61. The number of benzene rings is 1. The van der Waals surface area contributed by atoms with Crippen LogP contribution in [0, 0.1) is 5.92 Å². The zero-order chi connectivity index (χ0) is 18.7. The summed E-state index contributed by atoms with van der Waals surface area (Å²) in [4.78, 5) is 39.9. The van der Waals surface area contributed by atoms with Crippen LogP contribution < -0.4 is 16.6 Å². The molecule has 1 amide bonds. The topological polar surface area (TPSA) is 84.0 Å². The minimum atomic E-state index is -0.500. The molecule has 0 bridgehead atoms. The monoisotopic (exact) mass is 371 g/mol. The molecule has 2 N–H and O–H groups in total. The van der Waals surface area contributed by atoms with Crippen LogP contribution in [-0.2, 0) is 11.3 Å². The molecule has 6 nitrogen and oxygen atoms in total. The first-order valence-corrected chi connectivity index (χ1v) is 9.40. The fraction of sp³-hybridized carbons (Fsp3) is 0.316. The molecule has 0 saturated heterocycles. The van der Waals surface area contributed by atoms with Crippen LogP contribution in [0.15, 0.2) is 51.4 Å². The number of carbonyl (C=O) groups excluding carboxylic acids is 1. The van der Waals surface area contributed by atoms with E-state index in [4.69, 9.17) is 0 Å². The van der Waals surface area contributed by atoms with Crippen molar-refractivity contribution in [1.29, 1.82) is 0 Å². The minimum Gasteiger partial charge on any atom is -0.348 e. The van der Waals surface area contributed by atoms with E-state index in [2.05, 4.69) is 24.1 Å². The van der Waals surface area contributed by atoms with Crippen molar-refractivity contribution in [2.45, 2.75) is 32.9 Å². The number of hydrogen-bond acceptors (Lipinski definition) is 4. The fourth-order valence-electron chi connectivity index (χ4n) is 2.96. The Balaban J connectivity index is 1.77. The molecule has 0 fully saturated rings. The molecule has 2 aromatic heterocycles. The number of para-hydroxylation sites is 1. The van der Waals surface area contributed by atoms with Gasteiger partial charge in [0.1, 0.15) is 0 Å². The number of H-pyrrole nitrogens is 1. The largest absolute Gasteiger partial charge is 0.348 e. The molecule has 1 aromatic carbocycles. The number of thiophene rings is 1. The molecule has 0 aliphatic rings. The lowest BCUT2D eigenvalue weighted by Crippen LogP contribution is -2.34. The number of nitrogens with one attached hydrogen (secondary N) is 2. The molecule has 0 spiro atoms. The third-order valence-corrected chi connectivity index (χ3v) is 5.26. The average Bonchev–Trinajstić information content (AvgIpc) is 3.13. The van der Waals surface area contributed by atoms with Gasteiger partial charge in [-0.2, -0.15) is 0 Å². The predicted molar refractivity (Wildman–Crippen MR) is 103 cm³/mol. The highest BCUT2D eigenvalue weighted by atomic mass is 32.1. The van der Waals surface area contributed by atoms with E-state index in [0.717, 1.165) is 4.88 Å². The number of aryl methyl sites for hydroxylation is 1. The Kier molecular flexibility index (Phi) is 5.37. The normalized spacial score (nSPS) is 12.4. The fourth-order valence-corrected chi connectivity index (χ4v) is 3.91. The van der Waals surface area contributed by atoms with Crippen molar-refractivity contribution >= 4 is 28.1 Å². The number of carbonyl (C=O) groups is 1. The van der Waals surface area contributed by atoms with E-state index in [9.17, 15) is 14.4 Å². The number of aromatic amines is 1. The van der Waals surface area contributed by atoms with Crippen LogP contribution in [0.5, 0.6) is 0 Å². The summed E-state index contributed by atoms with van der Waals surface area (Å²) in [5, 5.41) is 5.48. The predicted octanol–water partition coefficient (Wildman–Crippen LogP) is 2.65. The second kappa shape index (κ2) is 7.70. The molecule has 0 aliphatic carbocycles. The van der Waals surface area contributed by atoms with Crippen LogP contribution >= 0.6 is 11.3 Å². The molecule has 3 aromatic rings. The molecule has 0 radical (unpaired) electrons. The zero-order valence-corrected chi connectivity index (χ0v) is 15.5. The van der Waals surface area contributed by atoms with Gasteiger partial charge in [0.15, 0.2) is 0 Å². The lowest BCUT2D eigenvalue weighted by molar-refractivity contribution is -0.122. The molecule has 0 saturated carbocycles. The van der Waals surface area contributed by atoms with Crippen molar-refractivity contribution in [2.24, 2.45) is 5.92 Å². The van der Waals surface area contributed by atoms with Gasteiger partial charge in [-0.3, -0.25) is 19.1 Å². The van der Waals surface area contributed by atoms with Gasteiger partial charge < -0.3 is 5.32 Å². The van der Waals surface area contributed by atoms with Crippen LogP contribution in [0.25, 0.3) is 10.9 Å². The van der Waals surface area contributed by atoms with E-state index in [-0.39, 0.29) is 30.8 Å². The van der Waals surface area contributed by atoms with E-state index in [1.165, 1.54) is 4.57 Å². The maximum Gasteiger partial charge on any atom is 0.328 e. The SMILES string of the molecule is CC(C)[C@@H](NC(=O)CCn1c(=O)[nH]c(=O)c2ccccc21)c1cccs1. The zero-order valence-electron chi connectivity index (χ0n) is 14.7. The Bertz CT molecular complexity index is 1020. The van der Waals surface area contributed by atoms with Gasteiger partial charge in [-0.05, 0) is 29.5 Å². The van der Waals surface area contributed by atoms with Gasteiger partial charge in [0.25, 0.3) is 5.56 Å². The second-order valence-electron chi connectivity index (χ2n) is 6.48. The van der Waals surface area contributed by atoms with Crippen LogP contribution in [-0.4, -0.2) is 15.5 Å². The quantitative estimate of drug-likeness (QED) is 0.699. The number of aromatic nitrogens is 2. The standard InChI is InChI=1S/C19H21N3O3S/c1-12(2)17(15-8-5-11-26-15)20-16(23)9-10-22-14-7-4-3-6-13(14)18(24)21-19(22)25/h3-8,11-12,17H,9-10H2,1-2H3,(H,20,23)(H,21,24,25)/t17-/m1/s1. The maximum absolute atomic E-state index is 12.4. The summed E-state index contributed by atoms with van der Waals surface area (Å²) in [6.07, 6.45) is 0.157. The third kappa shape index (κ3) is 3.77. The highest BCUT2D eigenvalue weighted by molar-refractivity contribution is 7.10. The molecule has 3 rings (SSSR count). The van der Waals surface area contributed by atoms with Crippen LogP contribution in [0.4, 0.5) is 0 Å². The third-order valence-electron chi connectivity index (χ3n) is 4.30. The van der Waals surface area contributed by atoms with Crippen molar-refractivity contribution in [3.63, 3.8) is 0 Å². The lowest BCUT2D eigenvalue weighted by Gasteiger charge is -2.21. The van der Waals surface area contributed by atoms with Crippen molar-refractivity contribution < 1.29 is 4.79 Å². The van der Waals surface area contributed by atoms with Gasteiger partial charge in [0.2, 0.25) is 5.91 Å². The van der Waals surface area contributed by atoms with Crippen molar-refractivity contribution in [1.82, 2.24) is 14.9 Å². The summed E-state index contributed by atoms with van der Waals surface area (Å²) < 4.78 is 1.44. The van der Waals surface area contributed by atoms with E-state index in [1.807, 2.05) is 17.5 Å². The molecule has 136 valence electrons. The van der Waals surface area contributed by atoms with E-state index >= 15 is 0 Å². The van der Waals surface area contributed by atoms with Gasteiger partial charge in [-0.1, -0.05) is 32.0 Å². The van der Waals surface area contributed by atoms with E-state index in [1.54, 1.807) is 35.6 Å². The summed E-state index contributed by atoms with van der Waals surface area (Å²) in [6.45, 7) is 4.33. The Morgan fingerprint density at radius 2 is 1.96 bits per heavy atom.